The van der Waals surface area contributed by atoms with Gasteiger partial charge in [-0.1, -0.05) is 34.6 Å². The minimum Gasteiger partial charge on any atom is -0.376 e. The van der Waals surface area contributed by atoms with Gasteiger partial charge in [-0.2, -0.15) is 4.89 Å². The lowest BCUT2D eigenvalue weighted by Crippen LogP contribution is -2.59. The molecule has 1 heterocycles. The number of rotatable bonds is 7. The van der Waals surface area contributed by atoms with Crippen LogP contribution in [0.15, 0.2) is 12.3 Å². The molecule has 1 rings (SSSR count). The van der Waals surface area contributed by atoms with Crippen LogP contribution in [0, 0.1) is 17.3 Å². The summed E-state index contributed by atoms with van der Waals surface area (Å²) in [6.07, 6.45) is -0.760. The van der Waals surface area contributed by atoms with E-state index in [1.165, 1.54) is 6.92 Å². The molecule has 10 heteroatoms. The van der Waals surface area contributed by atoms with Gasteiger partial charge in [-0.05, 0) is 37.7 Å². The molecule has 0 aliphatic carbocycles. The average molecular weight is 406 g/mol. The second-order valence-corrected chi connectivity index (χ2v) is 8.68. The smallest absolute Gasteiger partial charge is 0.376 e. The summed E-state index contributed by atoms with van der Waals surface area (Å²) < 4.78 is 8.71. The van der Waals surface area contributed by atoms with Crippen LogP contribution in [0.2, 0.25) is 0 Å². The first kappa shape index (κ1) is 24.3. The van der Waals surface area contributed by atoms with E-state index in [1.807, 2.05) is 27.7 Å². The van der Waals surface area contributed by atoms with E-state index in [1.54, 1.807) is 0 Å². The van der Waals surface area contributed by atoms with Crippen molar-refractivity contribution in [3.63, 3.8) is 0 Å². The number of Topliss-reactive ketones (excluding diaryl/α,β-unsaturated/α-hetero) is 1. The standard InChI is InChI=1S/C18H30O10/c1-10(9-15(4,5)6)8-11(2)17(21,22)25-14(20)26-18(23,24)16(7)13(19)12(3)27-28-16/h10-11,21-24H,3,8-9H2,1-2,4-7H3. The van der Waals surface area contributed by atoms with Gasteiger partial charge in [-0.25, -0.2) is 4.79 Å². The predicted molar refractivity (Wildman–Crippen MR) is 93.6 cm³/mol. The number of ether oxygens (including phenoxy) is 2. The van der Waals surface area contributed by atoms with E-state index in [0.29, 0.717) is 6.42 Å². The maximum atomic E-state index is 11.9. The highest BCUT2D eigenvalue weighted by Gasteiger charge is 2.64. The molecule has 0 aromatic carbocycles. The Bertz CT molecular complexity index is 618. The third kappa shape index (κ3) is 5.65. The molecule has 0 spiro atoms. The van der Waals surface area contributed by atoms with Crippen molar-refractivity contribution >= 4 is 11.9 Å². The fourth-order valence-corrected chi connectivity index (χ4v) is 3.02. The Hall–Kier alpha value is -1.72. The van der Waals surface area contributed by atoms with Crippen LogP contribution in [0.5, 0.6) is 0 Å². The lowest BCUT2D eigenvalue weighted by Gasteiger charge is -2.33. The van der Waals surface area contributed by atoms with Crippen LogP contribution < -0.4 is 0 Å². The van der Waals surface area contributed by atoms with Gasteiger partial charge >= 0.3 is 18.1 Å². The van der Waals surface area contributed by atoms with Crippen LogP contribution in [-0.2, 0) is 24.0 Å². The second-order valence-electron chi connectivity index (χ2n) is 8.68. The van der Waals surface area contributed by atoms with Crippen LogP contribution in [-0.4, -0.2) is 49.9 Å². The molecule has 28 heavy (non-hydrogen) atoms. The van der Waals surface area contributed by atoms with Gasteiger partial charge in [0, 0.05) is 0 Å². The molecule has 162 valence electrons. The van der Waals surface area contributed by atoms with Gasteiger partial charge < -0.3 is 34.8 Å². The van der Waals surface area contributed by atoms with Crippen molar-refractivity contribution in [2.45, 2.75) is 71.9 Å². The van der Waals surface area contributed by atoms with Gasteiger partial charge in [-0.15, -0.1) is 0 Å². The van der Waals surface area contributed by atoms with Gasteiger partial charge in [0.25, 0.3) is 5.60 Å². The van der Waals surface area contributed by atoms with Gasteiger partial charge in [0.05, 0.1) is 5.92 Å². The van der Waals surface area contributed by atoms with Crippen LogP contribution in [0.25, 0.3) is 0 Å². The Morgan fingerprint density at radius 1 is 1.18 bits per heavy atom. The maximum Gasteiger partial charge on any atom is 0.517 e. The van der Waals surface area contributed by atoms with E-state index in [0.717, 1.165) is 13.3 Å². The van der Waals surface area contributed by atoms with Crippen molar-refractivity contribution in [2.75, 3.05) is 0 Å². The summed E-state index contributed by atoms with van der Waals surface area (Å²) in [4.78, 5) is 32.6. The van der Waals surface area contributed by atoms with Crippen LogP contribution >= 0.6 is 0 Å². The van der Waals surface area contributed by atoms with Crippen molar-refractivity contribution in [1.29, 1.82) is 0 Å². The van der Waals surface area contributed by atoms with E-state index >= 15 is 0 Å². The number of aliphatic hydroxyl groups is 4. The fourth-order valence-electron chi connectivity index (χ4n) is 3.02. The molecule has 4 N–H and O–H groups in total. The minimum absolute atomic E-state index is 0.0230. The van der Waals surface area contributed by atoms with E-state index in [9.17, 15) is 30.0 Å². The van der Waals surface area contributed by atoms with Crippen LogP contribution in [0.4, 0.5) is 4.79 Å². The van der Waals surface area contributed by atoms with Gasteiger partial charge in [-0.3, -0.25) is 4.79 Å². The highest BCUT2D eigenvalue weighted by Crippen LogP contribution is 2.36. The zero-order chi connectivity index (χ0) is 22.1. The lowest BCUT2D eigenvalue weighted by molar-refractivity contribution is -0.435. The van der Waals surface area contributed by atoms with Crippen molar-refractivity contribution in [1.82, 2.24) is 0 Å². The Morgan fingerprint density at radius 3 is 2.14 bits per heavy atom. The topological polar surface area (TPSA) is 152 Å². The molecule has 3 atom stereocenters. The number of hydrogen-bond acceptors (Lipinski definition) is 10. The highest BCUT2D eigenvalue weighted by molar-refractivity contribution is 6.01. The van der Waals surface area contributed by atoms with Gasteiger partial charge in [0.15, 0.2) is 0 Å². The first-order valence-electron chi connectivity index (χ1n) is 8.82. The number of carbonyl (C=O) groups excluding carboxylic acids is 2. The molecule has 0 saturated carbocycles. The van der Waals surface area contributed by atoms with E-state index < -0.39 is 41.2 Å². The quantitative estimate of drug-likeness (QED) is 0.211. The summed E-state index contributed by atoms with van der Waals surface area (Å²) in [6.45, 7) is 13.6. The average Bonchev–Trinajstić information content (AvgIpc) is 2.73. The third-order valence-corrected chi connectivity index (χ3v) is 4.43. The molecule has 0 aromatic heterocycles. The molecule has 3 unspecified atom stereocenters. The SMILES string of the molecule is C=C1OOC(C)(C(O)(O)OC(=O)OC(O)(O)C(C)CC(C)CC(C)(C)C)C1=O. The monoisotopic (exact) mass is 406 g/mol. The Balaban J connectivity index is 2.74. The first-order chi connectivity index (χ1) is 12.4. The zero-order valence-corrected chi connectivity index (χ0v) is 17.0. The summed E-state index contributed by atoms with van der Waals surface area (Å²) in [5.41, 5.74) is -2.52. The van der Waals surface area contributed by atoms with Crippen LogP contribution in [0.3, 0.4) is 0 Å². The van der Waals surface area contributed by atoms with E-state index in [-0.39, 0.29) is 11.3 Å². The summed E-state index contributed by atoms with van der Waals surface area (Å²) in [5.74, 6) is -8.94. The van der Waals surface area contributed by atoms with Crippen molar-refractivity contribution in [3.8, 4) is 0 Å². The van der Waals surface area contributed by atoms with Crippen molar-refractivity contribution < 1.29 is 49.3 Å². The molecule has 1 aliphatic heterocycles. The largest absolute Gasteiger partial charge is 0.517 e. The summed E-state index contributed by atoms with van der Waals surface area (Å²) >= 11 is 0. The predicted octanol–water partition coefficient (Wildman–Crippen LogP) is 1.32. The van der Waals surface area contributed by atoms with E-state index in [4.69, 9.17) is 0 Å². The molecule has 1 fully saturated rings. The summed E-state index contributed by atoms with van der Waals surface area (Å²) in [6, 6.07) is 0. The highest BCUT2D eigenvalue weighted by atomic mass is 17.2. The number of hydrogen-bond donors (Lipinski definition) is 4. The second kappa shape index (κ2) is 7.96. The van der Waals surface area contributed by atoms with Gasteiger partial charge in [0.2, 0.25) is 11.5 Å². The summed E-state index contributed by atoms with van der Waals surface area (Å²) in [7, 11) is 0. The van der Waals surface area contributed by atoms with Crippen molar-refractivity contribution in [2.24, 2.45) is 17.3 Å². The molecule has 0 aromatic rings. The van der Waals surface area contributed by atoms with Gasteiger partial charge in [0.1, 0.15) is 0 Å². The molecule has 0 amide bonds. The molecular formula is C18H30O10. The Labute approximate surface area is 163 Å². The Morgan fingerprint density at radius 2 is 1.71 bits per heavy atom. The zero-order valence-electron chi connectivity index (χ0n) is 17.0. The number of ketones is 1. The molecule has 1 saturated heterocycles. The maximum absolute atomic E-state index is 11.9. The lowest BCUT2D eigenvalue weighted by atomic mass is 9.81. The summed E-state index contributed by atoms with van der Waals surface area (Å²) in [5, 5.41) is 40.0. The molecule has 10 nitrogen and oxygen atoms in total. The van der Waals surface area contributed by atoms with Crippen molar-refractivity contribution in [3.05, 3.63) is 12.3 Å². The molecular weight excluding hydrogens is 376 g/mol. The first-order valence-corrected chi connectivity index (χ1v) is 8.82. The van der Waals surface area contributed by atoms with Crippen LogP contribution in [0.1, 0.15) is 54.4 Å². The van der Waals surface area contributed by atoms with E-state index in [2.05, 4.69) is 25.8 Å². The Kier molecular flexibility index (Phi) is 6.91. The normalized spacial score (nSPS) is 23.2. The molecule has 1 aliphatic rings. The number of carbonyl (C=O) groups is 2. The third-order valence-electron chi connectivity index (χ3n) is 4.43. The fraction of sp³-hybridized carbons (Fsp3) is 0.778. The molecule has 0 radical (unpaired) electrons. The molecule has 0 bridgehead atoms. The minimum atomic E-state index is -3.53.